The lowest BCUT2D eigenvalue weighted by molar-refractivity contribution is -0.184. The van der Waals surface area contributed by atoms with Gasteiger partial charge in [0.05, 0.1) is 16.3 Å². The third-order valence-corrected chi connectivity index (χ3v) is 7.12. The Morgan fingerprint density at radius 3 is 2.59 bits per heavy atom. The number of thiazole rings is 1. The molecule has 1 aliphatic heterocycles. The average molecular weight is 464 g/mol. The van der Waals surface area contributed by atoms with Gasteiger partial charge in [-0.3, -0.25) is 0 Å². The Morgan fingerprint density at radius 1 is 1.21 bits per heavy atom. The minimum Gasteiger partial charge on any atom is -0.399 e. The molecule has 1 fully saturated rings. The molecule has 0 radical (unpaired) electrons. The summed E-state index contributed by atoms with van der Waals surface area (Å²) in [5.74, 6) is 0. The maximum Gasteiger partial charge on any atom is 0.400 e. The largest absolute Gasteiger partial charge is 0.400 e. The Balaban J connectivity index is 1.70. The number of halogens is 5. The van der Waals surface area contributed by atoms with Crippen molar-refractivity contribution in [3.8, 4) is 0 Å². The van der Waals surface area contributed by atoms with Crippen LogP contribution in [0.1, 0.15) is 35.4 Å². The van der Waals surface area contributed by atoms with E-state index >= 15 is 0 Å². The molecule has 0 N–H and O–H groups in total. The number of anilines is 1. The van der Waals surface area contributed by atoms with Crippen LogP contribution < -0.4 is 4.90 Å². The predicted molar refractivity (Wildman–Crippen MR) is 110 cm³/mol. The van der Waals surface area contributed by atoms with Gasteiger partial charge in [0.2, 0.25) is 0 Å². The van der Waals surface area contributed by atoms with Crippen molar-refractivity contribution in [1.82, 2.24) is 4.98 Å². The summed E-state index contributed by atoms with van der Waals surface area (Å²) in [4.78, 5) is 12.2. The van der Waals surface area contributed by atoms with Gasteiger partial charge in [-0.1, -0.05) is 39.7 Å². The molecule has 4 rings (SSSR count). The standard InChI is InChI=1S/C19H18Cl2F3N3OS/c1-28-26-15-4-2-3-14-16(15)29-17(25-14)27-6-5-18(10-27,19(22,23)24)11-7-12(20)9-13(21)8-11/h7-9H,2-6,10H2,1H3. The molecule has 1 aliphatic carbocycles. The van der Waals surface area contributed by atoms with Crippen molar-refractivity contribution >= 4 is 45.4 Å². The first-order valence-electron chi connectivity index (χ1n) is 9.12. The van der Waals surface area contributed by atoms with Gasteiger partial charge >= 0.3 is 6.18 Å². The van der Waals surface area contributed by atoms with Crippen LogP contribution in [0, 0.1) is 0 Å². The molecule has 0 amide bonds. The molecule has 29 heavy (non-hydrogen) atoms. The first kappa shape index (κ1) is 20.8. The van der Waals surface area contributed by atoms with Crippen LogP contribution in [-0.4, -0.2) is 37.1 Å². The molecule has 156 valence electrons. The molecule has 1 aromatic heterocycles. The van der Waals surface area contributed by atoms with E-state index in [9.17, 15) is 13.2 Å². The maximum atomic E-state index is 14.3. The molecular weight excluding hydrogens is 446 g/mol. The van der Waals surface area contributed by atoms with Gasteiger partial charge in [0, 0.05) is 23.1 Å². The molecule has 1 unspecified atom stereocenters. The number of aromatic nitrogens is 1. The van der Waals surface area contributed by atoms with Gasteiger partial charge in [-0.25, -0.2) is 4.98 Å². The number of fused-ring (bicyclic) bond motifs is 1. The van der Waals surface area contributed by atoms with Crippen molar-refractivity contribution in [3.63, 3.8) is 0 Å². The van der Waals surface area contributed by atoms with Gasteiger partial charge in [-0.05, 0) is 49.4 Å². The lowest BCUT2D eigenvalue weighted by Gasteiger charge is -2.32. The first-order valence-corrected chi connectivity index (χ1v) is 10.7. The van der Waals surface area contributed by atoms with Crippen molar-refractivity contribution in [2.45, 2.75) is 37.3 Å². The molecule has 10 heteroatoms. The lowest BCUT2D eigenvalue weighted by atomic mass is 9.79. The van der Waals surface area contributed by atoms with Crippen LogP contribution in [-0.2, 0) is 16.7 Å². The number of nitrogens with zero attached hydrogens (tertiary/aromatic N) is 3. The predicted octanol–water partition coefficient (Wildman–Crippen LogP) is 5.85. The molecule has 1 atom stereocenters. The van der Waals surface area contributed by atoms with Crippen LogP contribution in [0.2, 0.25) is 10.0 Å². The van der Waals surface area contributed by atoms with Crippen LogP contribution in [0.4, 0.5) is 18.3 Å². The lowest BCUT2D eigenvalue weighted by Crippen LogP contribution is -2.44. The molecule has 2 aromatic rings. The molecule has 1 aromatic carbocycles. The molecule has 0 spiro atoms. The molecular formula is C19H18Cl2F3N3OS. The Morgan fingerprint density at radius 2 is 1.93 bits per heavy atom. The first-order chi connectivity index (χ1) is 13.7. The van der Waals surface area contributed by atoms with E-state index < -0.39 is 11.6 Å². The van der Waals surface area contributed by atoms with Crippen LogP contribution in [0.15, 0.2) is 23.4 Å². The number of aryl methyl sites for hydroxylation is 1. The Labute approximate surface area is 180 Å². The summed E-state index contributed by atoms with van der Waals surface area (Å²) in [6.45, 7) is 0.0170. The molecule has 2 aliphatic rings. The SMILES string of the molecule is CON=C1CCCc2nc(N3CCC(c4cc(Cl)cc(Cl)c4)(C(F)(F)F)C3)sc21. The van der Waals surface area contributed by atoms with Gasteiger partial charge in [-0.15, -0.1) is 0 Å². The van der Waals surface area contributed by atoms with E-state index in [0.717, 1.165) is 35.5 Å². The van der Waals surface area contributed by atoms with Gasteiger partial charge in [0.15, 0.2) is 5.13 Å². The fraction of sp³-hybridized carbons (Fsp3) is 0.474. The second-order valence-corrected chi connectivity index (χ2v) is 9.11. The molecule has 1 saturated heterocycles. The quantitative estimate of drug-likeness (QED) is 0.535. The third-order valence-electron chi connectivity index (χ3n) is 5.47. The van der Waals surface area contributed by atoms with Crippen molar-refractivity contribution in [3.05, 3.63) is 44.4 Å². The fourth-order valence-corrected chi connectivity index (χ4v) is 5.71. The smallest absolute Gasteiger partial charge is 0.399 e. The second-order valence-electron chi connectivity index (χ2n) is 7.26. The van der Waals surface area contributed by atoms with E-state index in [0.29, 0.717) is 5.13 Å². The number of hydrogen-bond donors (Lipinski definition) is 0. The van der Waals surface area contributed by atoms with Crippen LogP contribution in [0.5, 0.6) is 0 Å². The number of rotatable bonds is 3. The average Bonchev–Trinajstić information content (AvgIpc) is 3.26. The zero-order valence-electron chi connectivity index (χ0n) is 15.5. The van der Waals surface area contributed by atoms with Crippen molar-refractivity contribution < 1.29 is 18.0 Å². The Kier molecular flexibility index (Phi) is 5.46. The van der Waals surface area contributed by atoms with E-state index in [4.69, 9.17) is 28.0 Å². The van der Waals surface area contributed by atoms with Crippen molar-refractivity contribution in [2.24, 2.45) is 5.16 Å². The monoisotopic (exact) mass is 463 g/mol. The number of benzene rings is 1. The second kappa shape index (κ2) is 7.63. The van der Waals surface area contributed by atoms with Crippen molar-refractivity contribution in [2.75, 3.05) is 25.1 Å². The summed E-state index contributed by atoms with van der Waals surface area (Å²) < 4.78 is 42.8. The number of oxime groups is 1. The summed E-state index contributed by atoms with van der Waals surface area (Å²) in [5.41, 5.74) is -0.271. The van der Waals surface area contributed by atoms with Crippen molar-refractivity contribution in [1.29, 1.82) is 0 Å². The van der Waals surface area contributed by atoms with E-state index in [1.54, 1.807) is 4.90 Å². The Bertz CT molecular complexity index is 942. The minimum absolute atomic E-state index is 0.0869. The summed E-state index contributed by atoms with van der Waals surface area (Å²) in [6, 6.07) is 4.16. The molecule has 0 saturated carbocycles. The summed E-state index contributed by atoms with van der Waals surface area (Å²) in [5, 5.41) is 5.03. The van der Waals surface area contributed by atoms with Gasteiger partial charge in [-0.2, -0.15) is 13.2 Å². The number of alkyl halides is 3. The van der Waals surface area contributed by atoms with E-state index in [-0.39, 0.29) is 35.1 Å². The highest BCUT2D eigenvalue weighted by molar-refractivity contribution is 7.17. The third kappa shape index (κ3) is 3.70. The van der Waals surface area contributed by atoms with Crippen LogP contribution in [0.3, 0.4) is 0 Å². The van der Waals surface area contributed by atoms with E-state index in [1.165, 1.54) is 36.6 Å². The van der Waals surface area contributed by atoms with E-state index in [1.807, 2.05) is 0 Å². The summed E-state index contributed by atoms with van der Waals surface area (Å²) in [6.07, 6.45) is -2.08. The fourth-order valence-electron chi connectivity index (χ4n) is 4.04. The normalized spacial score (nSPS) is 23.5. The molecule has 0 bridgehead atoms. The van der Waals surface area contributed by atoms with Gasteiger partial charge < -0.3 is 9.74 Å². The number of hydrogen-bond acceptors (Lipinski definition) is 5. The highest BCUT2D eigenvalue weighted by atomic mass is 35.5. The van der Waals surface area contributed by atoms with Crippen LogP contribution in [0.25, 0.3) is 0 Å². The van der Waals surface area contributed by atoms with Gasteiger partial charge in [0.25, 0.3) is 0 Å². The highest BCUT2D eigenvalue weighted by Crippen LogP contribution is 2.50. The van der Waals surface area contributed by atoms with Gasteiger partial charge in [0.1, 0.15) is 12.5 Å². The Hall–Kier alpha value is -1.51. The molecule has 2 heterocycles. The van der Waals surface area contributed by atoms with Crippen LogP contribution >= 0.6 is 34.5 Å². The zero-order valence-corrected chi connectivity index (χ0v) is 17.9. The minimum atomic E-state index is -4.45. The topological polar surface area (TPSA) is 37.7 Å². The zero-order chi connectivity index (χ0) is 20.8. The molecule has 4 nitrogen and oxygen atoms in total. The maximum absolute atomic E-state index is 14.3. The highest BCUT2D eigenvalue weighted by Gasteiger charge is 2.59. The summed E-state index contributed by atoms with van der Waals surface area (Å²) in [7, 11) is 1.48. The summed E-state index contributed by atoms with van der Waals surface area (Å²) >= 11 is 13.4. The van der Waals surface area contributed by atoms with E-state index in [2.05, 4.69) is 10.1 Å².